The van der Waals surface area contributed by atoms with Gasteiger partial charge >= 0.3 is 0 Å². The lowest BCUT2D eigenvalue weighted by Gasteiger charge is -2.48. The summed E-state index contributed by atoms with van der Waals surface area (Å²) in [4.78, 5) is 13.8. The van der Waals surface area contributed by atoms with Crippen LogP contribution < -0.4 is 4.74 Å². The van der Waals surface area contributed by atoms with Crippen molar-refractivity contribution >= 4 is 21.7 Å². The Morgan fingerprint density at radius 3 is 2.55 bits per heavy atom. The molecule has 0 bridgehead atoms. The van der Waals surface area contributed by atoms with Crippen molar-refractivity contribution < 1.29 is 23.1 Å². The minimum absolute atomic E-state index is 0.193. The topological polar surface area (TPSA) is 80.7 Å². The minimum Gasteiger partial charge on any atom is -0.504 e. The monoisotopic (exact) mass is 466 g/mol. The first-order valence-electron chi connectivity index (χ1n) is 11.6. The number of benzene rings is 2. The summed E-state index contributed by atoms with van der Waals surface area (Å²) in [7, 11) is -1.66. The molecule has 4 atom stereocenters. The molecule has 3 aliphatic carbocycles. The zero-order valence-electron chi connectivity index (χ0n) is 19.3. The molecule has 3 aliphatic rings. The Balaban J connectivity index is 1.46. The molecule has 5 nitrogen and oxygen atoms in total. The van der Waals surface area contributed by atoms with E-state index in [4.69, 9.17) is 4.74 Å². The average Bonchev–Trinajstić information content (AvgIpc) is 3.03. The van der Waals surface area contributed by atoms with Gasteiger partial charge in [-0.25, -0.2) is 8.42 Å². The molecule has 0 spiro atoms. The number of hydrogen-bond acceptors (Lipinski definition) is 5. The smallest absolute Gasteiger partial charge is 0.175 e. The van der Waals surface area contributed by atoms with Gasteiger partial charge in [0.1, 0.15) is 0 Å². The van der Waals surface area contributed by atoms with Gasteiger partial charge in [-0.2, -0.15) is 0 Å². The van der Waals surface area contributed by atoms with Crippen molar-refractivity contribution in [3.05, 3.63) is 58.7 Å². The maximum absolute atomic E-state index is 13.5. The third-order valence-corrected chi connectivity index (χ3v) is 9.44. The number of hydrogen-bond donors (Lipinski definition) is 1. The molecule has 0 radical (unpaired) electrons. The van der Waals surface area contributed by atoms with Gasteiger partial charge < -0.3 is 9.84 Å². The number of sulfone groups is 1. The molecule has 2 fully saturated rings. The Morgan fingerprint density at radius 2 is 1.88 bits per heavy atom. The molecule has 1 N–H and O–H groups in total. The fraction of sp³-hybridized carbons (Fsp3) is 0.444. The van der Waals surface area contributed by atoms with Crippen LogP contribution in [0.3, 0.4) is 0 Å². The second-order valence-electron chi connectivity index (χ2n) is 10.1. The van der Waals surface area contributed by atoms with Crippen molar-refractivity contribution in [2.75, 3.05) is 13.4 Å². The molecule has 2 aromatic rings. The highest BCUT2D eigenvalue weighted by Gasteiger charge is 2.56. The van der Waals surface area contributed by atoms with E-state index < -0.39 is 9.84 Å². The Bertz CT molecular complexity index is 1260. The SMILES string of the molecule is COc1cc2c(cc1O)CC[C@@H]1[C@@H]2CC[C@]2(C)C(=O)/C(=C/c3ccc(S(C)(=O)=O)cc3)C[C@@H]12. The van der Waals surface area contributed by atoms with Crippen LogP contribution in [0.4, 0.5) is 0 Å². The van der Waals surface area contributed by atoms with Gasteiger partial charge in [-0.3, -0.25) is 4.79 Å². The highest BCUT2D eigenvalue weighted by atomic mass is 32.2. The molecule has 6 heteroatoms. The summed E-state index contributed by atoms with van der Waals surface area (Å²) in [5.41, 5.74) is 3.83. The molecule has 5 rings (SSSR count). The molecule has 2 saturated carbocycles. The van der Waals surface area contributed by atoms with Gasteiger partial charge in [-0.05, 0) is 102 Å². The fourth-order valence-electron chi connectivity index (χ4n) is 6.56. The van der Waals surface area contributed by atoms with E-state index in [0.29, 0.717) is 23.5 Å². The normalized spacial score (nSPS) is 30.0. The molecule has 0 aliphatic heterocycles. The van der Waals surface area contributed by atoms with Crippen molar-refractivity contribution in [1.29, 1.82) is 0 Å². The molecule has 0 heterocycles. The molecular weight excluding hydrogens is 436 g/mol. The first kappa shape index (κ1) is 22.2. The number of phenols is 1. The number of aryl methyl sites for hydroxylation is 1. The highest BCUT2D eigenvalue weighted by Crippen LogP contribution is 2.61. The van der Waals surface area contributed by atoms with Gasteiger partial charge in [0.05, 0.1) is 12.0 Å². The zero-order chi connectivity index (χ0) is 23.5. The Labute approximate surface area is 195 Å². The zero-order valence-corrected chi connectivity index (χ0v) is 20.1. The second kappa shape index (κ2) is 7.73. The molecule has 0 aromatic heterocycles. The van der Waals surface area contributed by atoms with Gasteiger partial charge in [0.2, 0.25) is 0 Å². The van der Waals surface area contributed by atoms with Crippen LogP contribution in [0.1, 0.15) is 55.2 Å². The number of ketones is 1. The maximum Gasteiger partial charge on any atom is 0.175 e. The van der Waals surface area contributed by atoms with E-state index in [9.17, 15) is 18.3 Å². The standard InChI is InChI=1S/C27H30O5S/c1-27-11-10-20-21(9-6-17-14-24(28)25(32-2)15-22(17)20)23(27)13-18(26(27)29)12-16-4-7-19(8-5-16)33(3,30)31/h4-5,7-8,12,14-15,20-21,23,28H,6,9-11,13H2,1-3H3/b18-12+/t20-,21+,23-,27-/m0/s1. The number of methoxy groups -OCH3 is 1. The summed E-state index contributed by atoms with van der Waals surface area (Å²) in [6.07, 6.45) is 7.64. The van der Waals surface area contributed by atoms with E-state index in [-0.39, 0.29) is 21.8 Å². The van der Waals surface area contributed by atoms with Gasteiger partial charge in [0.15, 0.2) is 27.1 Å². The number of carbonyl (C=O) groups is 1. The van der Waals surface area contributed by atoms with E-state index in [2.05, 4.69) is 6.92 Å². The Hall–Kier alpha value is -2.60. The molecule has 174 valence electrons. The van der Waals surface area contributed by atoms with Crippen LogP contribution in [0, 0.1) is 17.3 Å². The fourth-order valence-corrected chi connectivity index (χ4v) is 7.19. The van der Waals surface area contributed by atoms with E-state index in [0.717, 1.165) is 43.2 Å². The van der Waals surface area contributed by atoms with E-state index >= 15 is 0 Å². The van der Waals surface area contributed by atoms with Crippen LogP contribution in [0.25, 0.3) is 6.08 Å². The molecule has 0 amide bonds. The number of Topliss-reactive ketones (excluding diaryl/α,β-unsaturated/α-hetero) is 1. The van der Waals surface area contributed by atoms with Gasteiger partial charge in [0.25, 0.3) is 0 Å². The van der Waals surface area contributed by atoms with E-state index in [1.807, 2.05) is 18.2 Å². The second-order valence-corrected chi connectivity index (χ2v) is 12.2. The largest absolute Gasteiger partial charge is 0.504 e. The predicted octanol–water partition coefficient (Wildman–Crippen LogP) is 4.92. The Kier molecular flexibility index (Phi) is 5.20. The first-order chi connectivity index (χ1) is 15.6. The number of ether oxygens (including phenoxy) is 1. The number of aromatic hydroxyl groups is 1. The lowest BCUT2D eigenvalue weighted by atomic mass is 9.55. The van der Waals surface area contributed by atoms with Crippen LogP contribution in [0.15, 0.2) is 46.9 Å². The summed E-state index contributed by atoms with van der Waals surface area (Å²) in [6, 6.07) is 10.6. The molecule has 0 unspecified atom stereocenters. The van der Waals surface area contributed by atoms with Crippen LogP contribution in [0.5, 0.6) is 11.5 Å². The number of fused-ring (bicyclic) bond motifs is 5. The van der Waals surface area contributed by atoms with E-state index in [1.165, 1.54) is 17.4 Å². The summed E-state index contributed by atoms with van der Waals surface area (Å²) >= 11 is 0. The van der Waals surface area contributed by atoms with Crippen molar-refractivity contribution in [2.24, 2.45) is 17.3 Å². The summed E-state index contributed by atoms with van der Waals surface area (Å²) in [5.74, 6) is 2.04. The van der Waals surface area contributed by atoms with Crippen LogP contribution >= 0.6 is 0 Å². The van der Waals surface area contributed by atoms with Crippen molar-refractivity contribution in [3.8, 4) is 11.5 Å². The summed E-state index contributed by atoms with van der Waals surface area (Å²) < 4.78 is 28.9. The van der Waals surface area contributed by atoms with Crippen LogP contribution in [-0.2, 0) is 21.1 Å². The number of phenolic OH excluding ortho intramolecular Hbond substituents is 1. The number of carbonyl (C=O) groups excluding carboxylic acids is 1. The average molecular weight is 467 g/mol. The quantitative estimate of drug-likeness (QED) is 0.649. The molecule has 0 saturated heterocycles. The van der Waals surface area contributed by atoms with E-state index in [1.54, 1.807) is 31.4 Å². The Morgan fingerprint density at radius 1 is 1.15 bits per heavy atom. The minimum atomic E-state index is -3.24. The summed E-state index contributed by atoms with van der Waals surface area (Å²) in [6.45, 7) is 2.14. The summed E-state index contributed by atoms with van der Waals surface area (Å²) in [5, 5.41) is 10.2. The number of rotatable bonds is 3. The van der Waals surface area contributed by atoms with Gasteiger partial charge in [0, 0.05) is 11.7 Å². The predicted molar refractivity (Wildman–Crippen MR) is 127 cm³/mol. The van der Waals surface area contributed by atoms with Gasteiger partial charge in [-0.15, -0.1) is 0 Å². The van der Waals surface area contributed by atoms with Crippen LogP contribution in [0.2, 0.25) is 0 Å². The lowest BCUT2D eigenvalue weighted by molar-refractivity contribution is -0.127. The highest BCUT2D eigenvalue weighted by molar-refractivity contribution is 7.90. The first-order valence-corrected chi connectivity index (χ1v) is 13.5. The lowest BCUT2D eigenvalue weighted by Crippen LogP contribution is -2.42. The molecule has 33 heavy (non-hydrogen) atoms. The van der Waals surface area contributed by atoms with Crippen molar-refractivity contribution in [2.45, 2.75) is 49.8 Å². The molecular formula is C27H30O5S. The third-order valence-electron chi connectivity index (χ3n) is 8.31. The third kappa shape index (κ3) is 3.59. The maximum atomic E-state index is 13.5. The van der Waals surface area contributed by atoms with Crippen molar-refractivity contribution in [1.82, 2.24) is 0 Å². The number of allylic oxidation sites excluding steroid dienone is 1. The molecule has 2 aromatic carbocycles. The van der Waals surface area contributed by atoms with Crippen molar-refractivity contribution in [3.63, 3.8) is 0 Å². The van der Waals surface area contributed by atoms with Crippen LogP contribution in [-0.4, -0.2) is 32.7 Å². The van der Waals surface area contributed by atoms with Gasteiger partial charge in [-0.1, -0.05) is 19.1 Å².